The first kappa shape index (κ1) is 15.9. The number of piperidine rings is 1. The summed E-state index contributed by atoms with van der Waals surface area (Å²) in [6.07, 6.45) is 1.84. The third kappa shape index (κ3) is 3.41. The SMILES string of the molecule is CN1CCC(N(C)C(=O)c2cccc([N+](=O)[O-])c2Br)CC1. The predicted octanol–water partition coefficient (Wildman–Crippen LogP) is 2.52. The summed E-state index contributed by atoms with van der Waals surface area (Å²) >= 11 is 3.19. The van der Waals surface area contributed by atoms with E-state index in [2.05, 4.69) is 27.9 Å². The minimum atomic E-state index is -0.490. The first-order valence-corrected chi connectivity index (χ1v) is 7.59. The van der Waals surface area contributed by atoms with E-state index in [4.69, 9.17) is 0 Å². The quantitative estimate of drug-likeness (QED) is 0.617. The predicted molar refractivity (Wildman–Crippen MR) is 83.4 cm³/mol. The Morgan fingerprint density at radius 3 is 2.62 bits per heavy atom. The summed E-state index contributed by atoms with van der Waals surface area (Å²) in [5.41, 5.74) is 0.253. The number of amides is 1. The zero-order chi connectivity index (χ0) is 15.6. The molecule has 0 N–H and O–H groups in total. The highest BCUT2D eigenvalue weighted by atomic mass is 79.9. The highest BCUT2D eigenvalue weighted by Crippen LogP contribution is 2.29. The summed E-state index contributed by atoms with van der Waals surface area (Å²) in [5, 5.41) is 10.9. The largest absolute Gasteiger partial charge is 0.339 e. The van der Waals surface area contributed by atoms with Crippen molar-refractivity contribution < 1.29 is 9.72 Å². The van der Waals surface area contributed by atoms with Gasteiger partial charge in [-0.05, 0) is 55.0 Å². The van der Waals surface area contributed by atoms with E-state index in [0.29, 0.717) is 5.56 Å². The summed E-state index contributed by atoms with van der Waals surface area (Å²) in [7, 11) is 3.83. The highest BCUT2D eigenvalue weighted by Gasteiger charge is 2.27. The van der Waals surface area contributed by atoms with Gasteiger partial charge in [0.2, 0.25) is 0 Å². The topological polar surface area (TPSA) is 66.7 Å². The Balaban J connectivity index is 2.20. The fraction of sp³-hybridized carbons (Fsp3) is 0.500. The Labute approximate surface area is 132 Å². The molecule has 7 heteroatoms. The number of hydrogen-bond donors (Lipinski definition) is 0. The fourth-order valence-corrected chi connectivity index (χ4v) is 3.14. The van der Waals surface area contributed by atoms with Gasteiger partial charge in [0, 0.05) is 19.2 Å². The molecule has 1 heterocycles. The van der Waals surface area contributed by atoms with Gasteiger partial charge < -0.3 is 9.80 Å². The Morgan fingerprint density at radius 1 is 1.43 bits per heavy atom. The van der Waals surface area contributed by atoms with Gasteiger partial charge in [0.25, 0.3) is 11.6 Å². The molecule has 0 saturated carbocycles. The Hall–Kier alpha value is -1.47. The Kier molecular flexibility index (Phi) is 4.95. The van der Waals surface area contributed by atoms with Gasteiger partial charge >= 0.3 is 0 Å². The van der Waals surface area contributed by atoms with Crippen molar-refractivity contribution >= 4 is 27.5 Å². The second kappa shape index (κ2) is 6.53. The second-order valence-electron chi connectivity index (χ2n) is 5.35. The number of likely N-dealkylation sites (tertiary alicyclic amines) is 1. The lowest BCUT2D eigenvalue weighted by Crippen LogP contribution is -2.44. The molecular weight excluding hydrogens is 338 g/mol. The smallest absolute Gasteiger partial charge is 0.284 e. The maximum atomic E-state index is 12.6. The number of nitro benzene ring substituents is 1. The van der Waals surface area contributed by atoms with Crippen LogP contribution in [0.1, 0.15) is 23.2 Å². The molecule has 1 amide bonds. The Bertz CT molecular complexity index is 556. The van der Waals surface area contributed by atoms with Gasteiger partial charge in [0.1, 0.15) is 4.47 Å². The fourth-order valence-electron chi connectivity index (χ4n) is 2.56. The third-order valence-electron chi connectivity index (χ3n) is 3.96. The van der Waals surface area contributed by atoms with E-state index < -0.39 is 4.92 Å². The van der Waals surface area contributed by atoms with Gasteiger partial charge in [-0.3, -0.25) is 14.9 Å². The zero-order valence-electron chi connectivity index (χ0n) is 12.1. The number of carbonyl (C=O) groups is 1. The molecule has 0 radical (unpaired) electrons. The number of halogens is 1. The first-order chi connectivity index (χ1) is 9.91. The van der Waals surface area contributed by atoms with Crippen molar-refractivity contribution in [2.24, 2.45) is 0 Å². The minimum Gasteiger partial charge on any atom is -0.339 e. The van der Waals surface area contributed by atoms with E-state index in [1.54, 1.807) is 24.1 Å². The molecule has 1 aromatic carbocycles. The molecule has 2 rings (SSSR count). The summed E-state index contributed by atoms with van der Waals surface area (Å²) in [4.78, 5) is 27.0. The maximum Gasteiger partial charge on any atom is 0.284 e. The first-order valence-electron chi connectivity index (χ1n) is 6.80. The number of benzene rings is 1. The van der Waals surface area contributed by atoms with Crippen LogP contribution in [0.3, 0.4) is 0 Å². The van der Waals surface area contributed by atoms with Crippen LogP contribution in [0.25, 0.3) is 0 Å². The molecule has 0 spiro atoms. The number of nitro groups is 1. The molecule has 0 aromatic heterocycles. The van der Waals surface area contributed by atoms with Crippen molar-refractivity contribution in [3.63, 3.8) is 0 Å². The summed E-state index contributed by atoms with van der Waals surface area (Å²) in [6.45, 7) is 1.91. The average molecular weight is 356 g/mol. The normalized spacial score (nSPS) is 16.7. The molecule has 0 aliphatic carbocycles. The molecule has 21 heavy (non-hydrogen) atoms. The van der Waals surface area contributed by atoms with Gasteiger partial charge in [-0.15, -0.1) is 0 Å². The van der Waals surface area contributed by atoms with Crippen LogP contribution in [-0.2, 0) is 0 Å². The number of carbonyl (C=O) groups excluding carboxylic acids is 1. The number of rotatable bonds is 3. The second-order valence-corrected chi connectivity index (χ2v) is 6.14. The summed E-state index contributed by atoms with van der Waals surface area (Å²) in [5.74, 6) is -0.180. The van der Waals surface area contributed by atoms with Crippen LogP contribution in [-0.4, -0.2) is 53.9 Å². The molecule has 1 saturated heterocycles. The molecule has 0 unspecified atom stereocenters. The van der Waals surface area contributed by atoms with E-state index in [1.165, 1.54) is 6.07 Å². The molecule has 6 nitrogen and oxygen atoms in total. The molecule has 114 valence electrons. The van der Waals surface area contributed by atoms with Crippen LogP contribution in [0.4, 0.5) is 5.69 Å². The van der Waals surface area contributed by atoms with Crippen LogP contribution < -0.4 is 0 Å². The standard InChI is InChI=1S/C14H18BrN3O3/c1-16-8-6-10(7-9-16)17(2)14(19)11-4-3-5-12(13(11)15)18(20)21/h3-5,10H,6-9H2,1-2H3. The number of hydrogen-bond acceptors (Lipinski definition) is 4. The lowest BCUT2D eigenvalue weighted by Gasteiger charge is -2.35. The number of nitrogens with zero attached hydrogens (tertiary/aromatic N) is 3. The Morgan fingerprint density at radius 2 is 2.05 bits per heavy atom. The van der Waals surface area contributed by atoms with E-state index in [9.17, 15) is 14.9 Å². The van der Waals surface area contributed by atoms with Gasteiger partial charge in [-0.2, -0.15) is 0 Å². The summed E-state index contributed by atoms with van der Waals surface area (Å²) in [6, 6.07) is 4.72. The third-order valence-corrected chi connectivity index (χ3v) is 4.80. The molecule has 1 aromatic rings. The summed E-state index contributed by atoms with van der Waals surface area (Å²) < 4.78 is 0.250. The van der Waals surface area contributed by atoms with Gasteiger partial charge in [0.15, 0.2) is 0 Å². The van der Waals surface area contributed by atoms with Crippen molar-refractivity contribution in [2.45, 2.75) is 18.9 Å². The molecule has 1 aliphatic rings. The molecule has 0 atom stereocenters. The zero-order valence-corrected chi connectivity index (χ0v) is 13.7. The van der Waals surface area contributed by atoms with Crippen LogP contribution in [0.15, 0.2) is 22.7 Å². The molecule has 0 bridgehead atoms. The van der Waals surface area contributed by atoms with Crippen molar-refractivity contribution in [1.29, 1.82) is 0 Å². The van der Waals surface area contributed by atoms with Crippen molar-refractivity contribution in [2.75, 3.05) is 27.2 Å². The lowest BCUT2D eigenvalue weighted by atomic mass is 10.0. The minimum absolute atomic E-state index is 0.0855. The van der Waals surface area contributed by atoms with Crippen LogP contribution in [0.2, 0.25) is 0 Å². The van der Waals surface area contributed by atoms with Gasteiger partial charge in [0.05, 0.1) is 10.5 Å². The molecule has 1 fully saturated rings. The van der Waals surface area contributed by atoms with Crippen molar-refractivity contribution in [1.82, 2.24) is 9.80 Å². The van der Waals surface area contributed by atoms with E-state index in [1.807, 2.05) is 0 Å². The van der Waals surface area contributed by atoms with Crippen LogP contribution >= 0.6 is 15.9 Å². The lowest BCUT2D eigenvalue weighted by molar-refractivity contribution is -0.385. The van der Waals surface area contributed by atoms with Gasteiger partial charge in [-0.25, -0.2) is 0 Å². The van der Waals surface area contributed by atoms with Crippen LogP contribution in [0.5, 0.6) is 0 Å². The maximum absolute atomic E-state index is 12.6. The molecule has 1 aliphatic heterocycles. The van der Waals surface area contributed by atoms with E-state index in [-0.39, 0.29) is 22.1 Å². The van der Waals surface area contributed by atoms with Crippen molar-refractivity contribution in [3.8, 4) is 0 Å². The monoisotopic (exact) mass is 355 g/mol. The van der Waals surface area contributed by atoms with Crippen LogP contribution in [0, 0.1) is 10.1 Å². The van der Waals surface area contributed by atoms with Gasteiger partial charge in [-0.1, -0.05) is 6.07 Å². The van der Waals surface area contributed by atoms with Crippen molar-refractivity contribution in [3.05, 3.63) is 38.3 Å². The molecular formula is C14H18BrN3O3. The van der Waals surface area contributed by atoms with E-state index >= 15 is 0 Å². The van der Waals surface area contributed by atoms with E-state index in [0.717, 1.165) is 25.9 Å². The average Bonchev–Trinajstić information content (AvgIpc) is 2.46. The highest BCUT2D eigenvalue weighted by molar-refractivity contribution is 9.10.